The third kappa shape index (κ3) is 3.26. The number of anilines is 1. The SMILES string of the molecule is COC(=O)c1cc(NCC2(SC)CC2)c([N+](=O)[O-])cc1F. The highest BCUT2D eigenvalue weighted by molar-refractivity contribution is 8.00. The Morgan fingerprint density at radius 3 is 2.71 bits per heavy atom. The first-order valence-electron chi connectivity index (χ1n) is 6.28. The number of ether oxygens (including phenoxy) is 1. The van der Waals surface area contributed by atoms with E-state index in [9.17, 15) is 19.3 Å². The van der Waals surface area contributed by atoms with Gasteiger partial charge in [0.2, 0.25) is 0 Å². The van der Waals surface area contributed by atoms with Gasteiger partial charge in [-0.3, -0.25) is 10.1 Å². The molecule has 0 heterocycles. The highest BCUT2D eigenvalue weighted by Crippen LogP contribution is 2.47. The highest BCUT2D eigenvalue weighted by atomic mass is 32.2. The summed E-state index contributed by atoms with van der Waals surface area (Å²) in [6.45, 7) is 0.529. The molecule has 1 fully saturated rings. The topological polar surface area (TPSA) is 81.5 Å². The monoisotopic (exact) mass is 314 g/mol. The van der Waals surface area contributed by atoms with E-state index in [1.54, 1.807) is 11.8 Å². The maximum Gasteiger partial charge on any atom is 0.340 e. The molecule has 1 aliphatic carbocycles. The molecule has 6 nitrogen and oxygen atoms in total. The first-order chi connectivity index (χ1) is 9.92. The molecule has 0 saturated heterocycles. The fraction of sp³-hybridized carbons (Fsp3) is 0.462. The average Bonchev–Trinajstić information content (AvgIpc) is 3.25. The van der Waals surface area contributed by atoms with Crippen LogP contribution in [0.25, 0.3) is 0 Å². The molecule has 1 N–H and O–H groups in total. The fourth-order valence-corrected chi connectivity index (χ4v) is 2.70. The van der Waals surface area contributed by atoms with Gasteiger partial charge in [-0.1, -0.05) is 0 Å². The molecule has 0 amide bonds. The number of carbonyl (C=O) groups is 1. The van der Waals surface area contributed by atoms with Crippen molar-refractivity contribution in [2.75, 3.05) is 25.2 Å². The van der Waals surface area contributed by atoms with Gasteiger partial charge >= 0.3 is 5.97 Å². The molecule has 0 aromatic heterocycles. The van der Waals surface area contributed by atoms with Crippen LogP contribution in [0.4, 0.5) is 15.8 Å². The maximum absolute atomic E-state index is 13.7. The number of nitrogens with zero attached hydrogens (tertiary/aromatic N) is 1. The van der Waals surface area contributed by atoms with Crippen molar-refractivity contribution in [3.8, 4) is 0 Å². The fourth-order valence-electron chi connectivity index (χ4n) is 1.97. The van der Waals surface area contributed by atoms with E-state index < -0.39 is 22.4 Å². The molecule has 0 spiro atoms. The Morgan fingerprint density at radius 2 is 2.24 bits per heavy atom. The zero-order valence-electron chi connectivity index (χ0n) is 11.6. The number of esters is 1. The van der Waals surface area contributed by atoms with Gasteiger partial charge in [0, 0.05) is 11.3 Å². The van der Waals surface area contributed by atoms with Gasteiger partial charge in [-0.25, -0.2) is 9.18 Å². The van der Waals surface area contributed by atoms with Crippen molar-refractivity contribution < 1.29 is 18.8 Å². The second-order valence-electron chi connectivity index (χ2n) is 4.84. The van der Waals surface area contributed by atoms with E-state index in [0.717, 1.165) is 32.1 Å². The number of thioether (sulfide) groups is 1. The van der Waals surface area contributed by atoms with Crippen LogP contribution in [0, 0.1) is 15.9 Å². The van der Waals surface area contributed by atoms with Gasteiger partial charge < -0.3 is 10.1 Å². The minimum absolute atomic E-state index is 0.0771. The van der Waals surface area contributed by atoms with Crippen LogP contribution in [0.15, 0.2) is 12.1 Å². The van der Waals surface area contributed by atoms with Crippen molar-refractivity contribution in [2.24, 2.45) is 0 Å². The van der Waals surface area contributed by atoms with Crippen LogP contribution in [0.2, 0.25) is 0 Å². The quantitative estimate of drug-likeness (QED) is 0.494. The summed E-state index contributed by atoms with van der Waals surface area (Å²) in [4.78, 5) is 21.8. The lowest BCUT2D eigenvalue weighted by atomic mass is 10.1. The van der Waals surface area contributed by atoms with Gasteiger partial charge in [0.25, 0.3) is 5.69 Å². The van der Waals surface area contributed by atoms with Crippen molar-refractivity contribution in [3.05, 3.63) is 33.6 Å². The Kier molecular flexibility index (Phi) is 4.36. The number of carbonyl (C=O) groups excluding carboxylic acids is 1. The van der Waals surface area contributed by atoms with Crippen LogP contribution in [0.3, 0.4) is 0 Å². The number of benzene rings is 1. The van der Waals surface area contributed by atoms with Crippen molar-refractivity contribution in [2.45, 2.75) is 17.6 Å². The molecule has 0 unspecified atom stereocenters. The molecule has 1 aromatic rings. The summed E-state index contributed by atoms with van der Waals surface area (Å²) in [7, 11) is 1.13. The minimum atomic E-state index is -0.967. The Hall–Kier alpha value is -1.83. The number of hydrogen-bond acceptors (Lipinski definition) is 6. The molecule has 1 saturated carbocycles. The molecule has 0 bridgehead atoms. The summed E-state index contributed by atoms with van der Waals surface area (Å²) >= 11 is 1.69. The summed E-state index contributed by atoms with van der Waals surface area (Å²) in [6, 6.07) is 1.88. The largest absolute Gasteiger partial charge is 0.465 e. The second kappa shape index (κ2) is 5.88. The summed E-state index contributed by atoms with van der Waals surface area (Å²) in [5, 5.41) is 14.0. The minimum Gasteiger partial charge on any atom is -0.465 e. The summed E-state index contributed by atoms with van der Waals surface area (Å²) < 4.78 is 18.3. The van der Waals surface area contributed by atoms with Crippen molar-refractivity contribution >= 4 is 29.1 Å². The molecule has 1 aromatic carbocycles. The van der Waals surface area contributed by atoms with Crippen LogP contribution in [-0.2, 0) is 4.74 Å². The van der Waals surface area contributed by atoms with E-state index in [2.05, 4.69) is 10.1 Å². The highest BCUT2D eigenvalue weighted by Gasteiger charge is 2.42. The third-order valence-electron chi connectivity index (χ3n) is 3.53. The van der Waals surface area contributed by atoms with Crippen LogP contribution in [0.1, 0.15) is 23.2 Å². The Morgan fingerprint density at radius 1 is 1.57 bits per heavy atom. The maximum atomic E-state index is 13.7. The van der Waals surface area contributed by atoms with Crippen LogP contribution >= 0.6 is 11.8 Å². The number of nitro benzene ring substituents is 1. The standard InChI is InChI=1S/C13H15FN2O4S/c1-20-12(17)8-5-10(11(16(18)19)6-9(8)14)15-7-13(21-2)3-4-13/h5-6,15H,3-4,7H2,1-2H3. The molecule has 0 atom stereocenters. The number of hydrogen-bond donors (Lipinski definition) is 1. The van der Waals surface area contributed by atoms with Gasteiger partial charge in [-0.2, -0.15) is 11.8 Å². The van der Waals surface area contributed by atoms with Crippen molar-refractivity contribution in [1.82, 2.24) is 0 Å². The van der Waals surface area contributed by atoms with E-state index in [1.165, 1.54) is 0 Å². The van der Waals surface area contributed by atoms with Gasteiger partial charge in [0.15, 0.2) is 0 Å². The lowest BCUT2D eigenvalue weighted by Gasteiger charge is -2.15. The van der Waals surface area contributed by atoms with Gasteiger partial charge in [0.05, 0.1) is 23.7 Å². The van der Waals surface area contributed by atoms with Gasteiger partial charge in [0.1, 0.15) is 11.5 Å². The molecule has 8 heteroatoms. The van der Waals surface area contributed by atoms with Crippen LogP contribution in [-0.4, -0.2) is 35.5 Å². The van der Waals surface area contributed by atoms with E-state index in [-0.39, 0.29) is 16.0 Å². The Balaban J connectivity index is 2.31. The summed E-state index contributed by atoms with van der Waals surface area (Å²) in [6.07, 6.45) is 4.04. The molecule has 0 aliphatic heterocycles. The zero-order chi connectivity index (χ0) is 15.6. The predicted molar refractivity (Wildman–Crippen MR) is 78.4 cm³/mol. The normalized spacial score (nSPS) is 15.4. The summed E-state index contributed by atoms with van der Waals surface area (Å²) in [5.41, 5.74) is -0.584. The van der Waals surface area contributed by atoms with Gasteiger partial charge in [-0.15, -0.1) is 0 Å². The molecule has 21 heavy (non-hydrogen) atoms. The molecule has 1 aliphatic rings. The number of methoxy groups -OCH3 is 1. The lowest BCUT2D eigenvalue weighted by Crippen LogP contribution is -2.18. The van der Waals surface area contributed by atoms with E-state index >= 15 is 0 Å². The summed E-state index contributed by atoms with van der Waals surface area (Å²) in [5.74, 6) is -1.83. The first kappa shape index (κ1) is 15.6. The zero-order valence-corrected chi connectivity index (χ0v) is 12.5. The molecule has 2 rings (SSSR count). The molecule has 114 valence electrons. The third-order valence-corrected chi connectivity index (χ3v) is 4.95. The lowest BCUT2D eigenvalue weighted by molar-refractivity contribution is -0.384. The van der Waals surface area contributed by atoms with Crippen LogP contribution in [0.5, 0.6) is 0 Å². The number of nitro groups is 1. The van der Waals surface area contributed by atoms with E-state index in [1.807, 2.05) is 6.26 Å². The first-order valence-corrected chi connectivity index (χ1v) is 7.50. The Labute approximate surface area is 125 Å². The molecule has 0 radical (unpaired) electrons. The number of nitrogens with one attached hydrogen (secondary N) is 1. The van der Waals surface area contributed by atoms with Crippen LogP contribution < -0.4 is 5.32 Å². The van der Waals surface area contributed by atoms with E-state index in [4.69, 9.17) is 0 Å². The number of halogens is 1. The molecular weight excluding hydrogens is 299 g/mol. The smallest absolute Gasteiger partial charge is 0.340 e. The molecular formula is C13H15FN2O4S. The van der Waals surface area contributed by atoms with E-state index in [0.29, 0.717) is 6.54 Å². The van der Waals surface area contributed by atoms with Crippen molar-refractivity contribution in [1.29, 1.82) is 0 Å². The Bertz CT molecular complexity index is 590. The second-order valence-corrected chi connectivity index (χ2v) is 6.11. The number of rotatable bonds is 6. The van der Waals surface area contributed by atoms with Gasteiger partial charge in [-0.05, 0) is 25.2 Å². The van der Waals surface area contributed by atoms with Crippen molar-refractivity contribution in [3.63, 3.8) is 0 Å². The average molecular weight is 314 g/mol. The predicted octanol–water partition coefficient (Wildman–Crippen LogP) is 2.83.